The topological polar surface area (TPSA) is 140 Å². The van der Waals surface area contributed by atoms with Gasteiger partial charge in [0.25, 0.3) is 5.56 Å². The number of aromatic nitrogens is 2. The number of cyclic esters (lactones) is 1. The molecular formula is C28H32N4O5Si. The van der Waals surface area contributed by atoms with Crippen LogP contribution in [0.25, 0.3) is 22.3 Å². The standard InChI is InChI=1S/C28H32N4O5Si/c1-5-28(37-23(33)8-7-11-29)20-13-22-24-18(14-32(22)26(34)19(20)15-36-27(28)35)25(38(3,4)6-2)17-12-16(30)9-10-21(17)31-24/h6,9-10,12-13H,2,5,7-8,11,14-15,29-30H2,1,3-4H3/t28-/m0/s1. The highest BCUT2D eigenvalue weighted by molar-refractivity contribution is 6.95. The van der Waals surface area contributed by atoms with Gasteiger partial charge in [-0.3, -0.25) is 9.59 Å². The Morgan fingerprint density at radius 2 is 2.05 bits per heavy atom. The van der Waals surface area contributed by atoms with Gasteiger partial charge in [0, 0.05) is 28.6 Å². The molecule has 5 rings (SSSR count). The monoisotopic (exact) mass is 532 g/mol. The lowest BCUT2D eigenvalue weighted by atomic mass is 9.85. The van der Waals surface area contributed by atoms with Crippen molar-refractivity contribution in [3.8, 4) is 11.4 Å². The Kier molecular flexibility index (Phi) is 6.27. The zero-order valence-electron chi connectivity index (χ0n) is 21.9. The number of hydrogen-bond donors (Lipinski definition) is 2. The van der Waals surface area contributed by atoms with Crippen molar-refractivity contribution < 1.29 is 19.1 Å². The zero-order valence-corrected chi connectivity index (χ0v) is 22.9. The number of carbonyl (C=O) groups excluding carboxylic acids is 2. The smallest absolute Gasteiger partial charge is 0.355 e. The SMILES string of the molecule is C=C[Si](C)(C)c1c2c(nc3ccc(N)cc13)-c1cc3c(c(=O)n1C2)COC(=O)[C@@]3(CC)OC(=O)CCCN. The largest absolute Gasteiger partial charge is 0.457 e. The van der Waals surface area contributed by atoms with Crippen molar-refractivity contribution in [3.63, 3.8) is 0 Å². The third-order valence-corrected chi connectivity index (χ3v) is 10.6. The molecule has 10 heteroatoms. The highest BCUT2D eigenvalue weighted by atomic mass is 28.3. The van der Waals surface area contributed by atoms with E-state index < -0.39 is 25.6 Å². The van der Waals surface area contributed by atoms with E-state index in [9.17, 15) is 14.4 Å². The number of ether oxygens (including phenoxy) is 2. The summed E-state index contributed by atoms with van der Waals surface area (Å²) in [5.74, 6) is -1.25. The van der Waals surface area contributed by atoms with Gasteiger partial charge in [0.1, 0.15) is 14.7 Å². The van der Waals surface area contributed by atoms with Crippen molar-refractivity contribution in [1.29, 1.82) is 0 Å². The van der Waals surface area contributed by atoms with Crippen LogP contribution in [0.5, 0.6) is 0 Å². The van der Waals surface area contributed by atoms with Gasteiger partial charge < -0.3 is 25.5 Å². The van der Waals surface area contributed by atoms with Crippen molar-refractivity contribution in [3.05, 3.63) is 63.6 Å². The van der Waals surface area contributed by atoms with Gasteiger partial charge in [0.05, 0.1) is 29.0 Å². The number of pyridine rings is 2. The molecule has 0 saturated heterocycles. The molecule has 198 valence electrons. The maximum Gasteiger partial charge on any atom is 0.355 e. The predicted molar refractivity (Wildman–Crippen MR) is 148 cm³/mol. The molecule has 0 spiro atoms. The summed E-state index contributed by atoms with van der Waals surface area (Å²) in [6.45, 7) is 10.7. The van der Waals surface area contributed by atoms with E-state index in [1.807, 2.05) is 23.9 Å². The number of nitrogens with zero attached hydrogens (tertiary/aromatic N) is 2. The third kappa shape index (κ3) is 3.78. The summed E-state index contributed by atoms with van der Waals surface area (Å²) in [7, 11) is -2.17. The number of benzene rings is 1. The summed E-state index contributed by atoms with van der Waals surface area (Å²) in [6, 6.07) is 7.41. The summed E-state index contributed by atoms with van der Waals surface area (Å²) in [5, 5.41) is 2.09. The molecule has 4 heterocycles. The van der Waals surface area contributed by atoms with E-state index in [1.54, 1.807) is 17.6 Å². The molecular weight excluding hydrogens is 500 g/mol. The molecule has 2 aromatic heterocycles. The quantitative estimate of drug-likeness (QED) is 0.210. The highest BCUT2D eigenvalue weighted by Gasteiger charge is 2.50. The number of anilines is 1. The van der Waals surface area contributed by atoms with Crippen molar-refractivity contribution in [2.45, 2.75) is 58.0 Å². The first-order chi connectivity index (χ1) is 18.1. The summed E-state index contributed by atoms with van der Waals surface area (Å²) in [6.07, 6.45) is 0.609. The van der Waals surface area contributed by atoms with Crippen molar-refractivity contribution in [2.24, 2.45) is 5.73 Å². The fourth-order valence-corrected chi connectivity index (χ4v) is 7.66. The second-order valence-electron chi connectivity index (χ2n) is 10.5. The average Bonchev–Trinajstić information content (AvgIpc) is 3.26. The summed E-state index contributed by atoms with van der Waals surface area (Å²) in [5.41, 5.74) is 16.0. The molecule has 4 N–H and O–H groups in total. The molecule has 9 nitrogen and oxygen atoms in total. The van der Waals surface area contributed by atoms with Crippen LogP contribution in [0.1, 0.15) is 42.9 Å². The molecule has 1 aromatic carbocycles. The van der Waals surface area contributed by atoms with Gasteiger partial charge >= 0.3 is 11.9 Å². The average molecular weight is 533 g/mol. The van der Waals surface area contributed by atoms with Crippen LogP contribution >= 0.6 is 0 Å². The molecule has 0 amide bonds. The van der Waals surface area contributed by atoms with Gasteiger partial charge in [-0.25, -0.2) is 9.78 Å². The molecule has 0 aliphatic carbocycles. The van der Waals surface area contributed by atoms with Gasteiger partial charge in [-0.15, -0.1) is 6.58 Å². The fraction of sp³-hybridized carbons (Fsp3) is 0.357. The Balaban J connectivity index is 1.78. The molecule has 3 aromatic rings. The van der Waals surface area contributed by atoms with Crippen LogP contribution in [0, 0.1) is 0 Å². The van der Waals surface area contributed by atoms with Crippen molar-refractivity contribution >= 4 is 41.8 Å². The number of esters is 2. The molecule has 0 saturated carbocycles. The minimum Gasteiger partial charge on any atom is -0.457 e. The molecule has 2 aliphatic rings. The van der Waals surface area contributed by atoms with E-state index in [0.717, 1.165) is 21.7 Å². The predicted octanol–water partition coefficient (Wildman–Crippen LogP) is 2.59. The van der Waals surface area contributed by atoms with E-state index in [2.05, 4.69) is 19.7 Å². The Morgan fingerprint density at radius 1 is 1.29 bits per heavy atom. The van der Waals surface area contributed by atoms with Crippen molar-refractivity contribution in [2.75, 3.05) is 12.3 Å². The Labute approximate surface area is 221 Å². The van der Waals surface area contributed by atoms with Crippen LogP contribution in [0.4, 0.5) is 5.69 Å². The van der Waals surface area contributed by atoms with Crippen molar-refractivity contribution in [1.82, 2.24) is 9.55 Å². The van der Waals surface area contributed by atoms with Gasteiger partial charge in [0.15, 0.2) is 0 Å². The van der Waals surface area contributed by atoms with Crippen LogP contribution in [-0.4, -0.2) is 36.1 Å². The first kappa shape index (κ1) is 25.9. The summed E-state index contributed by atoms with van der Waals surface area (Å²) >= 11 is 0. The Bertz CT molecular complexity index is 1580. The van der Waals surface area contributed by atoms with Gasteiger partial charge in [0.2, 0.25) is 5.60 Å². The number of nitrogen functional groups attached to an aromatic ring is 1. The molecule has 2 aliphatic heterocycles. The fourth-order valence-electron chi connectivity index (χ4n) is 5.58. The first-order valence-corrected chi connectivity index (χ1v) is 15.9. The van der Waals surface area contributed by atoms with E-state index >= 15 is 0 Å². The lowest BCUT2D eigenvalue weighted by Crippen LogP contribution is -2.47. The van der Waals surface area contributed by atoms with E-state index in [0.29, 0.717) is 47.7 Å². The first-order valence-electron chi connectivity index (χ1n) is 12.8. The normalized spacial score (nSPS) is 17.9. The Hall–Kier alpha value is -3.76. The van der Waals surface area contributed by atoms with Crippen LogP contribution in [0.3, 0.4) is 0 Å². The minimum absolute atomic E-state index is 0.0644. The molecule has 0 fully saturated rings. The van der Waals surface area contributed by atoms with E-state index in [-0.39, 0.29) is 25.0 Å². The zero-order chi connectivity index (χ0) is 27.4. The van der Waals surface area contributed by atoms with Crippen LogP contribution in [0.2, 0.25) is 13.1 Å². The van der Waals surface area contributed by atoms with Gasteiger partial charge in [-0.05, 0) is 48.8 Å². The molecule has 38 heavy (non-hydrogen) atoms. The van der Waals surface area contributed by atoms with Crippen LogP contribution < -0.4 is 22.2 Å². The Morgan fingerprint density at radius 3 is 2.74 bits per heavy atom. The lowest BCUT2D eigenvalue weighted by Gasteiger charge is -2.35. The molecule has 0 radical (unpaired) electrons. The van der Waals surface area contributed by atoms with E-state index in [4.69, 9.17) is 25.9 Å². The van der Waals surface area contributed by atoms with Crippen LogP contribution in [-0.2, 0) is 37.8 Å². The van der Waals surface area contributed by atoms with Gasteiger partial charge in [-0.1, -0.05) is 25.7 Å². The summed E-state index contributed by atoms with van der Waals surface area (Å²) in [4.78, 5) is 44.7. The van der Waals surface area contributed by atoms with Gasteiger partial charge in [-0.2, -0.15) is 0 Å². The number of nitrogens with two attached hydrogens (primary N) is 2. The molecule has 0 bridgehead atoms. The maximum absolute atomic E-state index is 13.9. The summed E-state index contributed by atoms with van der Waals surface area (Å²) < 4.78 is 12.9. The number of hydrogen-bond acceptors (Lipinski definition) is 8. The maximum atomic E-state index is 13.9. The molecule has 1 atom stereocenters. The second kappa shape index (κ2) is 9.21. The molecule has 0 unspecified atom stereocenters. The lowest BCUT2D eigenvalue weighted by molar-refractivity contribution is -0.189. The number of fused-ring (bicyclic) bond motifs is 5. The van der Waals surface area contributed by atoms with Crippen LogP contribution in [0.15, 0.2) is 41.3 Å². The number of carbonyl (C=O) groups is 2. The minimum atomic E-state index is -2.17. The third-order valence-electron chi connectivity index (χ3n) is 7.71. The second-order valence-corrected chi connectivity index (χ2v) is 14.8. The van der Waals surface area contributed by atoms with E-state index in [1.165, 1.54) is 0 Å². The number of rotatable bonds is 7. The highest BCUT2D eigenvalue weighted by Crippen LogP contribution is 2.41.